The zero-order valence-electron chi connectivity index (χ0n) is 11.7. The molecule has 1 heterocycles. The molecule has 4 rings (SSSR count). The van der Waals surface area contributed by atoms with Crippen LogP contribution in [-0.2, 0) is 0 Å². The molecule has 3 atom stereocenters. The Morgan fingerprint density at radius 3 is 2.62 bits per heavy atom. The van der Waals surface area contributed by atoms with E-state index in [9.17, 15) is 5.11 Å². The summed E-state index contributed by atoms with van der Waals surface area (Å²) < 4.78 is 0. The van der Waals surface area contributed by atoms with Crippen molar-refractivity contribution in [3.05, 3.63) is 78.0 Å². The maximum atomic E-state index is 10.8. The Labute approximate surface area is 124 Å². The van der Waals surface area contributed by atoms with Crippen molar-refractivity contribution in [2.75, 3.05) is 0 Å². The van der Waals surface area contributed by atoms with E-state index in [0.717, 1.165) is 22.9 Å². The molecule has 0 radical (unpaired) electrons. The molecule has 1 aliphatic carbocycles. The Morgan fingerprint density at radius 2 is 1.76 bits per heavy atom. The topological polar surface area (TPSA) is 33.1 Å². The van der Waals surface area contributed by atoms with E-state index in [4.69, 9.17) is 0 Å². The Hall–Kier alpha value is -2.19. The third-order valence-corrected chi connectivity index (χ3v) is 4.46. The molecule has 3 unspecified atom stereocenters. The third-order valence-electron chi connectivity index (χ3n) is 4.46. The maximum absolute atomic E-state index is 10.8. The summed E-state index contributed by atoms with van der Waals surface area (Å²) in [4.78, 5) is 4.45. The molecule has 2 aromatic carbocycles. The summed E-state index contributed by atoms with van der Waals surface area (Å²) in [5.41, 5.74) is 3.21. The molecule has 3 aromatic rings. The highest BCUT2D eigenvalue weighted by atomic mass is 16.3. The highest BCUT2D eigenvalue weighted by molar-refractivity contribution is 5.82. The molecule has 2 heteroatoms. The van der Waals surface area contributed by atoms with Crippen LogP contribution in [0, 0.1) is 5.92 Å². The van der Waals surface area contributed by atoms with Gasteiger partial charge in [-0.15, -0.1) is 0 Å². The third kappa shape index (κ3) is 2.22. The number of para-hydroxylation sites is 1. The Balaban J connectivity index is 1.65. The number of pyridine rings is 1. The minimum atomic E-state index is -0.436. The van der Waals surface area contributed by atoms with Gasteiger partial charge in [0.2, 0.25) is 0 Å². The lowest BCUT2D eigenvalue weighted by Crippen LogP contribution is -2.03. The van der Waals surface area contributed by atoms with Crippen molar-refractivity contribution in [1.29, 1.82) is 0 Å². The molecule has 0 amide bonds. The van der Waals surface area contributed by atoms with Crippen molar-refractivity contribution >= 4 is 10.9 Å². The van der Waals surface area contributed by atoms with Gasteiger partial charge in [-0.2, -0.15) is 0 Å². The molecule has 1 N–H and O–H groups in total. The Bertz CT molecular complexity index is 763. The number of hydrogen-bond donors (Lipinski definition) is 1. The summed E-state index contributed by atoms with van der Waals surface area (Å²) >= 11 is 0. The first-order chi connectivity index (χ1) is 10.3. The average Bonchev–Trinajstić information content (AvgIpc) is 3.35. The van der Waals surface area contributed by atoms with Gasteiger partial charge in [0.15, 0.2) is 0 Å². The molecule has 0 spiro atoms. The highest BCUT2D eigenvalue weighted by Gasteiger charge is 2.44. The second-order valence-corrected chi connectivity index (χ2v) is 5.78. The van der Waals surface area contributed by atoms with Crippen molar-refractivity contribution in [2.45, 2.75) is 18.4 Å². The standard InChI is InChI=1S/C19H17NO/c21-19(17-12-16(17)13-6-2-1-3-7-13)15-10-4-8-14-9-5-11-20-18(14)15/h1-11,16-17,19,21H,12H2. The second-order valence-electron chi connectivity index (χ2n) is 5.78. The zero-order valence-corrected chi connectivity index (χ0v) is 11.7. The monoisotopic (exact) mass is 275 g/mol. The molecule has 1 aliphatic rings. The van der Waals surface area contributed by atoms with Gasteiger partial charge in [-0.25, -0.2) is 0 Å². The predicted octanol–water partition coefficient (Wildman–Crippen LogP) is 4.07. The summed E-state index contributed by atoms with van der Waals surface area (Å²) in [7, 11) is 0. The molecule has 0 saturated heterocycles. The predicted molar refractivity (Wildman–Crippen MR) is 84.0 cm³/mol. The van der Waals surface area contributed by atoms with E-state index in [1.165, 1.54) is 5.56 Å². The van der Waals surface area contributed by atoms with Gasteiger partial charge in [0.25, 0.3) is 0 Å². The molecule has 1 aromatic heterocycles. The lowest BCUT2D eigenvalue weighted by atomic mass is 9.99. The first kappa shape index (κ1) is 12.5. The van der Waals surface area contributed by atoms with Gasteiger partial charge in [0.05, 0.1) is 11.6 Å². The van der Waals surface area contributed by atoms with Crippen LogP contribution in [0.15, 0.2) is 66.9 Å². The van der Waals surface area contributed by atoms with E-state index in [1.807, 2.05) is 36.4 Å². The van der Waals surface area contributed by atoms with E-state index in [1.54, 1.807) is 6.20 Å². The highest BCUT2D eigenvalue weighted by Crippen LogP contribution is 2.54. The fraction of sp³-hybridized carbons (Fsp3) is 0.211. The average molecular weight is 275 g/mol. The van der Waals surface area contributed by atoms with Crippen molar-refractivity contribution in [3.63, 3.8) is 0 Å². The Kier molecular flexibility index (Phi) is 2.97. The molecule has 1 fully saturated rings. The van der Waals surface area contributed by atoms with Crippen molar-refractivity contribution < 1.29 is 5.11 Å². The van der Waals surface area contributed by atoms with Gasteiger partial charge in [-0.1, -0.05) is 54.6 Å². The number of aromatic nitrogens is 1. The minimum Gasteiger partial charge on any atom is -0.388 e. The number of nitrogens with zero attached hydrogens (tertiary/aromatic N) is 1. The summed E-state index contributed by atoms with van der Waals surface area (Å²) in [6, 6.07) is 20.5. The van der Waals surface area contributed by atoms with Crippen molar-refractivity contribution in [2.24, 2.45) is 5.92 Å². The number of aliphatic hydroxyl groups is 1. The van der Waals surface area contributed by atoms with Crippen LogP contribution in [0.3, 0.4) is 0 Å². The van der Waals surface area contributed by atoms with Crippen molar-refractivity contribution in [3.8, 4) is 0 Å². The van der Waals surface area contributed by atoms with E-state index >= 15 is 0 Å². The van der Waals surface area contributed by atoms with Crippen LogP contribution in [0.5, 0.6) is 0 Å². The summed E-state index contributed by atoms with van der Waals surface area (Å²) in [6.45, 7) is 0. The van der Waals surface area contributed by atoms with Crippen LogP contribution in [0.25, 0.3) is 10.9 Å². The largest absolute Gasteiger partial charge is 0.388 e. The number of fused-ring (bicyclic) bond motifs is 1. The quantitative estimate of drug-likeness (QED) is 0.781. The molecule has 2 nitrogen and oxygen atoms in total. The smallest absolute Gasteiger partial charge is 0.0845 e. The molecule has 1 saturated carbocycles. The molecule has 0 aliphatic heterocycles. The molecular weight excluding hydrogens is 258 g/mol. The van der Waals surface area contributed by atoms with Crippen LogP contribution in [0.2, 0.25) is 0 Å². The van der Waals surface area contributed by atoms with E-state index in [-0.39, 0.29) is 0 Å². The second kappa shape index (κ2) is 4.97. The summed E-state index contributed by atoms with van der Waals surface area (Å²) in [5, 5.41) is 11.8. The van der Waals surface area contributed by atoms with Gasteiger partial charge in [0, 0.05) is 17.1 Å². The maximum Gasteiger partial charge on any atom is 0.0845 e. The number of rotatable bonds is 3. The summed E-state index contributed by atoms with van der Waals surface area (Å²) in [6.07, 6.45) is 2.41. The first-order valence-electron chi connectivity index (χ1n) is 7.41. The van der Waals surface area contributed by atoms with Crippen LogP contribution < -0.4 is 0 Å². The van der Waals surface area contributed by atoms with Gasteiger partial charge in [0.1, 0.15) is 0 Å². The van der Waals surface area contributed by atoms with Gasteiger partial charge in [-0.05, 0) is 29.9 Å². The number of hydrogen-bond acceptors (Lipinski definition) is 2. The van der Waals surface area contributed by atoms with Crippen LogP contribution in [-0.4, -0.2) is 10.1 Å². The number of benzene rings is 2. The molecule has 21 heavy (non-hydrogen) atoms. The Morgan fingerprint density at radius 1 is 0.952 bits per heavy atom. The normalized spacial score (nSPS) is 22.1. The van der Waals surface area contributed by atoms with Crippen LogP contribution >= 0.6 is 0 Å². The lowest BCUT2D eigenvalue weighted by molar-refractivity contribution is 0.152. The minimum absolute atomic E-state index is 0.306. The first-order valence-corrected chi connectivity index (χ1v) is 7.41. The van der Waals surface area contributed by atoms with Crippen molar-refractivity contribution in [1.82, 2.24) is 4.98 Å². The van der Waals surface area contributed by atoms with E-state index in [2.05, 4.69) is 29.2 Å². The van der Waals surface area contributed by atoms with Gasteiger partial charge in [-0.3, -0.25) is 4.98 Å². The molecule has 104 valence electrons. The van der Waals surface area contributed by atoms with Gasteiger partial charge >= 0.3 is 0 Å². The lowest BCUT2D eigenvalue weighted by Gasteiger charge is -2.13. The molecular formula is C19H17NO. The molecule has 0 bridgehead atoms. The fourth-order valence-corrected chi connectivity index (χ4v) is 3.24. The fourth-order valence-electron chi connectivity index (χ4n) is 3.24. The van der Waals surface area contributed by atoms with Crippen LogP contribution in [0.4, 0.5) is 0 Å². The van der Waals surface area contributed by atoms with Gasteiger partial charge < -0.3 is 5.11 Å². The number of aliphatic hydroxyl groups excluding tert-OH is 1. The zero-order chi connectivity index (χ0) is 14.2. The van der Waals surface area contributed by atoms with E-state index < -0.39 is 6.10 Å². The SMILES string of the molecule is OC(c1cccc2cccnc12)C1CC1c1ccccc1. The van der Waals surface area contributed by atoms with Crippen LogP contribution in [0.1, 0.15) is 29.6 Å². The van der Waals surface area contributed by atoms with E-state index in [0.29, 0.717) is 11.8 Å². The summed E-state index contributed by atoms with van der Waals surface area (Å²) in [5.74, 6) is 0.778.